The Labute approximate surface area is 192 Å². The average Bonchev–Trinajstić information content (AvgIpc) is 3.13. The highest BCUT2D eigenvalue weighted by atomic mass is 35.5. The quantitative estimate of drug-likeness (QED) is 0.368. The van der Waals surface area contributed by atoms with E-state index in [1.54, 1.807) is 30.3 Å². The highest BCUT2D eigenvalue weighted by Gasteiger charge is 2.19. The van der Waals surface area contributed by atoms with Crippen molar-refractivity contribution in [3.63, 3.8) is 0 Å². The summed E-state index contributed by atoms with van der Waals surface area (Å²) in [5.74, 6) is 7.60. The molecule has 1 amide bonds. The van der Waals surface area contributed by atoms with Crippen molar-refractivity contribution in [1.29, 1.82) is 0 Å². The molecule has 1 aromatic heterocycles. The van der Waals surface area contributed by atoms with Crippen LogP contribution in [0.5, 0.6) is 17.2 Å². The van der Waals surface area contributed by atoms with Crippen LogP contribution in [0.15, 0.2) is 35.5 Å². The molecule has 3 rings (SSSR count). The number of hydrogen-bond donors (Lipinski definition) is 2. The second kappa shape index (κ2) is 9.99. The highest BCUT2D eigenvalue weighted by molar-refractivity contribution is 7.99. The Balaban J connectivity index is 1.76. The van der Waals surface area contributed by atoms with Crippen LogP contribution < -0.4 is 25.4 Å². The summed E-state index contributed by atoms with van der Waals surface area (Å²) >= 11 is 13.1. The lowest BCUT2D eigenvalue weighted by Gasteiger charge is -2.13. The number of ether oxygens (including phenoxy) is 3. The number of anilines is 1. The lowest BCUT2D eigenvalue weighted by Crippen LogP contribution is -2.16. The molecular formula is C19H19Cl2N5O4S. The van der Waals surface area contributed by atoms with Gasteiger partial charge in [0, 0.05) is 10.6 Å². The third kappa shape index (κ3) is 5.09. The van der Waals surface area contributed by atoms with Gasteiger partial charge in [0.15, 0.2) is 17.3 Å². The number of aromatic nitrogens is 3. The lowest BCUT2D eigenvalue weighted by molar-refractivity contribution is -0.113. The summed E-state index contributed by atoms with van der Waals surface area (Å²) in [6.45, 7) is 0. The molecule has 0 aliphatic heterocycles. The number of nitrogen functional groups attached to an aromatic ring is 1. The van der Waals surface area contributed by atoms with Gasteiger partial charge in [0.05, 0.1) is 37.8 Å². The van der Waals surface area contributed by atoms with Gasteiger partial charge in [0.25, 0.3) is 0 Å². The van der Waals surface area contributed by atoms with Gasteiger partial charge in [-0.3, -0.25) is 4.79 Å². The number of nitrogens with two attached hydrogens (primary N) is 1. The van der Waals surface area contributed by atoms with E-state index < -0.39 is 0 Å². The molecule has 164 valence electrons. The highest BCUT2D eigenvalue weighted by Crippen LogP contribution is 2.41. The topological polar surface area (TPSA) is 114 Å². The van der Waals surface area contributed by atoms with E-state index in [1.807, 2.05) is 0 Å². The Bertz CT molecular complexity index is 1080. The molecule has 0 radical (unpaired) electrons. The van der Waals surface area contributed by atoms with E-state index >= 15 is 0 Å². The Hall–Kier alpha value is -2.82. The number of nitrogens with zero attached hydrogens (tertiary/aromatic N) is 3. The Morgan fingerprint density at radius 3 is 2.39 bits per heavy atom. The third-order valence-corrected chi connectivity index (χ3v) is 5.63. The van der Waals surface area contributed by atoms with Crippen LogP contribution in [-0.2, 0) is 4.79 Å². The van der Waals surface area contributed by atoms with Gasteiger partial charge in [0.2, 0.25) is 16.8 Å². The zero-order chi connectivity index (χ0) is 22.5. The Morgan fingerprint density at radius 2 is 1.77 bits per heavy atom. The Morgan fingerprint density at radius 1 is 1.10 bits per heavy atom. The van der Waals surface area contributed by atoms with E-state index in [-0.39, 0.29) is 11.7 Å². The number of methoxy groups -OCH3 is 3. The second-order valence-electron chi connectivity index (χ2n) is 6.05. The maximum Gasteiger partial charge on any atom is 0.234 e. The average molecular weight is 484 g/mol. The molecule has 9 nitrogen and oxygen atoms in total. The van der Waals surface area contributed by atoms with Crippen LogP contribution in [0.4, 0.5) is 5.69 Å². The minimum Gasteiger partial charge on any atom is -0.493 e. The molecule has 0 spiro atoms. The molecule has 12 heteroatoms. The van der Waals surface area contributed by atoms with Gasteiger partial charge in [-0.1, -0.05) is 35.0 Å². The molecule has 0 bridgehead atoms. The van der Waals surface area contributed by atoms with Crippen LogP contribution in [0, 0.1) is 0 Å². The molecule has 1 heterocycles. The van der Waals surface area contributed by atoms with E-state index in [9.17, 15) is 4.79 Å². The molecule has 2 aromatic carbocycles. The fourth-order valence-corrected chi connectivity index (χ4v) is 3.69. The predicted molar refractivity (Wildman–Crippen MR) is 121 cm³/mol. The number of rotatable bonds is 8. The van der Waals surface area contributed by atoms with Crippen LogP contribution in [0.1, 0.15) is 0 Å². The molecule has 0 aliphatic carbocycles. The van der Waals surface area contributed by atoms with Gasteiger partial charge in [-0.05, 0) is 30.3 Å². The van der Waals surface area contributed by atoms with E-state index in [1.165, 1.54) is 26.0 Å². The van der Waals surface area contributed by atoms with Gasteiger partial charge in [-0.25, -0.2) is 4.68 Å². The van der Waals surface area contributed by atoms with Gasteiger partial charge in [0.1, 0.15) is 0 Å². The first-order valence-electron chi connectivity index (χ1n) is 8.76. The standard InChI is InChI=1S/C19H19Cl2N5O4S/c1-28-14-6-10(7-15(29-2)17(14)30-3)18-24-25-19(26(18)22)31-9-16(27)23-13-8-11(20)4-5-12(13)21/h4-8H,9,22H2,1-3H3,(H,23,27). The van der Waals surface area contributed by atoms with Gasteiger partial charge in [-0.2, -0.15) is 0 Å². The molecular weight excluding hydrogens is 465 g/mol. The smallest absolute Gasteiger partial charge is 0.234 e. The van der Waals surface area contributed by atoms with Crippen molar-refractivity contribution in [1.82, 2.24) is 14.9 Å². The van der Waals surface area contributed by atoms with Crippen LogP contribution in [0.2, 0.25) is 10.0 Å². The summed E-state index contributed by atoms with van der Waals surface area (Å²) in [5, 5.41) is 12.1. The van der Waals surface area contributed by atoms with Crippen LogP contribution in [-0.4, -0.2) is 47.9 Å². The first-order chi connectivity index (χ1) is 14.9. The summed E-state index contributed by atoms with van der Waals surface area (Å²) in [5.41, 5.74) is 1.03. The molecule has 0 saturated heterocycles. The molecule has 0 atom stereocenters. The predicted octanol–water partition coefficient (Wildman–Crippen LogP) is 3.72. The monoisotopic (exact) mass is 483 g/mol. The van der Waals surface area contributed by atoms with Crippen molar-refractivity contribution < 1.29 is 19.0 Å². The minimum absolute atomic E-state index is 0.0351. The van der Waals surface area contributed by atoms with Crippen LogP contribution >= 0.6 is 35.0 Å². The second-order valence-corrected chi connectivity index (χ2v) is 7.84. The normalized spacial score (nSPS) is 10.6. The van der Waals surface area contributed by atoms with E-state index in [0.29, 0.717) is 49.5 Å². The zero-order valence-electron chi connectivity index (χ0n) is 16.8. The summed E-state index contributed by atoms with van der Waals surface area (Å²) in [6.07, 6.45) is 0. The van der Waals surface area contributed by atoms with Gasteiger partial charge < -0.3 is 25.4 Å². The van der Waals surface area contributed by atoms with E-state index in [2.05, 4.69) is 15.5 Å². The number of benzene rings is 2. The van der Waals surface area contributed by atoms with Gasteiger partial charge >= 0.3 is 0 Å². The molecule has 0 unspecified atom stereocenters. The number of hydrogen-bond acceptors (Lipinski definition) is 8. The summed E-state index contributed by atoms with van der Waals surface area (Å²) in [6, 6.07) is 8.22. The van der Waals surface area contributed by atoms with E-state index in [0.717, 1.165) is 11.8 Å². The fourth-order valence-electron chi connectivity index (χ4n) is 2.69. The first kappa shape index (κ1) is 22.9. The number of halogens is 2. The fraction of sp³-hybridized carbons (Fsp3) is 0.211. The summed E-state index contributed by atoms with van der Waals surface area (Å²) in [4.78, 5) is 12.3. The lowest BCUT2D eigenvalue weighted by atomic mass is 10.1. The molecule has 31 heavy (non-hydrogen) atoms. The van der Waals surface area contributed by atoms with Gasteiger partial charge in [-0.15, -0.1) is 10.2 Å². The van der Waals surface area contributed by atoms with Crippen molar-refractivity contribution in [2.24, 2.45) is 0 Å². The molecule has 3 aromatic rings. The minimum atomic E-state index is -0.300. The van der Waals surface area contributed by atoms with Crippen molar-refractivity contribution in [3.8, 4) is 28.6 Å². The molecule has 3 N–H and O–H groups in total. The van der Waals surface area contributed by atoms with Crippen molar-refractivity contribution in [3.05, 3.63) is 40.4 Å². The van der Waals surface area contributed by atoms with Crippen molar-refractivity contribution >= 4 is 46.6 Å². The number of thioether (sulfide) groups is 1. The zero-order valence-corrected chi connectivity index (χ0v) is 19.1. The van der Waals surface area contributed by atoms with E-state index in [4.69, 9.17) is 43.3 Å². The van der Waals surface area contributed by atoms with Crippen LogP contribution in [0.25, 0.3) is 11.4 Å². The number of nitrogens with one attached hydrogen (secondary N) is 1. The largest absolute Gasteiger partial charge is 0.493 e. The Kier molecular flexibility index (Phi) is 7.37. The number of carbonyl (C=O) groups excluding carboxylic acids is 1. The van der Waals surface area contributed by atoms with Crippen molar-refractivity contribution in [2.75, 3.05) is 38.2 Å². The maximum atomic E-state index is 12.3. The first-order valence-corrected chi connectivity index (χ1v) is 10.5. The molecule has 0 aliphatic rings. The SMILES string of the molecule is COc1cc(-c2nnc(SCC(=O)Nc3cc(Cl)ccc3Cl)n2N)cc(OC)c1OC. The van der Waals surface area contributed by atoms with Crippen LogP contribution in [0.3, 0.4) is 0 Å². The number of carbonyl (C=O) groups is 1. The molecule has 0 fully saturated rings. The third-order valence-electron chi connectivity index (χ3n) is 4.12. The summed E-state index contributed by atoms with van der Waals surface area (Å²) in [7, 11) is 4.54. The maximum absolute atomic E-state index is 12.3. The molecule has 0 saturated carbocycles. The summed E-state index contributed by atoms with van der Waals surface area (Å²) < 4.78 is 17.3. The number of amides is 1. The van der Waals surface area contributed by atoms with Crippen molar-refractivity contribution in [2.45, 2.75) is 5.16 Å².